The van der Waals surface area contributed by atoms with Crippen molar-refractivity contribution in [1.29, 1.82) is 0 Å². The predicted octanol–water partition coefficient (Wildman–Crippen LogP) is 5.32. The largest absolute Gasteiger partial charge is 0.447 e. The second kappa shape index (κ2) is 12.9. The van der Waals surface area contributed by atoms with Crippen molar-refractivity contribution in [1.82, 2.24) is 14.6 Å². The molecular formula is C26H38N4O6S2. The Balaban J connectivity index is 1.76. The summed E-state index contributed by atoms with van der Waals surface area (Å²) in [6.07, 6.45) is 5.14. The van der Waals surface area contributed by atoms with Gasteiger partial charge >= 0.3 is 12.2 Å². The van der Waals surface area contributed by atoms with E-state index in [2.05, 4.69) is 10.6 Å². The van der Waals surface area contributed by atoms with Crippen LogP contribution in [0.5, 0.6) is 0 Å². The van der Waals surface area contributed by atoms with Crippen molar-refractivity contribution >= 4 is 39.2 Å². The Morgan fingerprint density at radius 1 is 1.08 bits per heavy atom. The smallest absolute Gasteiger partial charge is 0.411 e. The molecule has 1 fully saturated rings. The van der Waals surface area contributed by atoms with Crippen LogP contribution in [0.4, 0.5) is 15.3 Å². The molecule has 2 N–H and O–H groups in total. The van der Waals surface area contributed by atoms with Gasteiger partial charge in [0, 0.05) is 37.4 Å². The Bertz CT molecular complexity index is 1220. The number of anilines is 1. The van der Waals surface area contributed by atoms with Gasteiger partial charge in [-0.3, -0.25) is 5.32 Å². The van der Waals surface area contributed by atoms with Gasteiger partial charge in [-0.2, -0.15) is 0 Å². The minimum absolute atomic E-state index is 0.0949. The fraction of sp³-hybridized carbons (Fsp3) is 0.577. The number of hydrogen-bond acceptors (Lipinski definition) is 8. The van der Waals surface area contributed by atoms with E-state index in [1.165, 1.54) is 11.4 Å². The Kier molecular flexibility index (Phi) is 10.1. The van der Waals surface area contributed by atoms with Gasteiger partial charge in [0.2, 0.25) is 10.0 Å². The second-order valence-electron chi connectivity index (χ2n) is 10.2. The van der Waals surface area contributed by atoms with E-state index in [0.717, 1.165) is 53.0 Å². The van der Waals surface area contributed by atoms with Crippen LogP contribution in [0, 0.1) is 0 Å². The van der Waals surface area contributed by atoms with Gasteiger partial charge in [0.25, 0.3) is 0 Å². The van der Waals surface area contributed by atoms with Crippen LogP contribution < -0.4 is 10.6 Å². The highest BCUT2D eigenvalue weighted by molar-refractivity contribution is 7.88. The average molecular weight is 567 g/mol. The quantitative estimate of drug-likeness (QED) is 0.421. The number of nitrogens with one attached hydrogen (secondary N) is 2. The summed E-state index contributed by atoms with van der Waals surface area (Å²) < 4.78 is 35.9. The maximum atomic E-state index is 12.1. The van der Waals surface area contributed by atoms with Crippen molar-refractivity contribution in [2.45, 2.75) is 84.1 Å². The molecule has 1 aromatic carbocycles. The fourth-order valence-corrected chi connectivity index (χ4v) is 5.78. The van der Waals surface area contributed by atoms with Gasteiger partial charge < -0.3 is 14.8 Å². The van der Waals surface area contributed by atoms with Gasteiger partial charge in [0.1, 0.15) is 0 Å². The third kappa shape index (κ3) is 8.67. The Labute approximate surface area is 229 Å². The molecule has 2 amide bonds. The minimum atomic E-state index is -3.41. The second-order valence-corrected chi connectivity index (χ2v) is 13.3. The maximum absolute atomic E-state index is 12.1. The Hall–Kier alpha value is -2.70. The third-order valence-corrected chi connectivity index (χ3v) is 8.64. The fourth-order valence-electron chi connectivity index (χ4n) is 4.26. The normalized spacial score (nSPS) is 18.0. The number of hydrogen-bond donors (Lipinski definition) is 2. The maximum Gasteiger partial charge on any atom is 0.411 e. The molecule has 12 heteroatoms. The third-order valence-electron chi connectivity index (χ3n) is 6.18. The number of benzene rings is 1. The first-order valence-electron chi connectivity index (χ1n) is 12.8. The first-order chi connectivity index (χ1) is 17.8. The van der Waals surface area contributed by atoms with E-state index in [1.807, 2.05) is 26.1 Å². The van der Waals surface area contributed by atoms with Crippen molar-refractivity contribution in [2.24, 2.45) is 0 Å². The molecule has 0 aliphatic heterocycles. The molecule has 1 aliphatic rings. The molecule has 1 aromatic heterocycles. The molecule has 0 saturated heterocycles. The number of carbonyl (C=O) groups is 2. The molecule has 0 bridgehead atoms. The highest BCUT2D eigenvalue weighted by atomic mass is 32.2. The average Bonchev–Trinajstić information content (AvgIpc) is 3.28. The summed E-state index contributed by atoms with van der Waals surface area (Å²) in [7, 11) is -1.89. The zero-order valence-corrected chi connectivity index (χ0v) is 24.4. The van der Waals surface area contributed by atoms with Crippen molar-refractivity contribution in [3.05, 3.63) is 35.0 Å². The summed E-state index contributed by atoms with van der Waals surface area (Å²) in [5, 5.41) is 6.68. The lowest BCUT2D eigenvalue weighted by atomic mass is 9.86. The molecule has 1 saturated carbocycles. The van der Waals surface area contributed by atoms with Gasteiger partial charge in [-0.25, -0.2) is 27.3 Å². The first kappa shape index (κ1) is 29.9. The SMILES string of the molecule is CC(C)OC(=O)Nc1ccc(-c2cnc([C@H]3CC[C@H](NC(=O)OC(C)C)CC3)s2)c(CN(C)S(C)(=O)=O)c1. The molecule has 1 aliphatic carbocycles. The van der Waals surface area contributed by atoms with Crippen LogP contribution >= 0.6 is 11.3 Å². The lowest BCUT2D eigenvalue weighted by Gasteiger charge is -2.28. The van der Waals surface area contributed by atoms with E-state index in [1.54, 1.807) is 37.3 Å². The number of alkyl carbamates (subject to hydrolysis) is 1. The van der Waals surface area contributed by atoms with Crippen LogP contribution in [0.15, 0.2) is 24.4 Å². The number of rotatable bonds is 9. The van der Waals surface area contributed by atoms with Crippen LogP contribution in [0.2, 0.25) is 0 Å². The van der Waals surface area contributed by atoms with E-state index in [4.69, 9.17) is 14.5 Å². The van der Waals surface area contributed by atoms with Crippen molar-refractivity contribution in [3.8, 4) is 10.4 Å². The van der Waals surface area contributed by atoms with Gasteiger partial charge in [-0.1, -0.05) is 6.07 Å². The molecule has 3 rings (SSSR count). The highest BCUT2D eigenvalue weighted by Crippen LogP contribution is 2.39. The summed E-state index contributed by atoms with van der Waals surface area (Å²) in [5.41, 5.74) is 2.12. The Morgan fingerprint density at radius 3 is 2.32 bits per heavy atom. The number of carbonyl (C=O) groups excluding carboxylic acids is 2. The molecule has 2 aromatic rings. The number of nitrogens with zero attached hydrogens (tertiary/aromatic N) is 2. The van der Waals surface area contributed by atoms with Gasteiger partial charge in [0.15, 0.2) is 0 Å². The topological polar surface area (TPSA) is 127 Å². The van der Waals surface area contributed by atoms with E-state index in [-0.39, 0.29) is 30.9 Å². The minimum Gasteiger partial charge on any atom is -0.447 e. The molecule has 10 nitrogen and oxygen atoms in total. The summed E-state index contributed by atoms with van der Waals surface area (Å²) in [4.78, 5) is 29.6. The van der Waals surface area contributed by atoms with Crippen LogP contribution in [0.1, 0.15) is 69.9 Å². The van der Waals surface area contributed by atoms with E-state index in [0.29, 0.717) is 11.6 Å². The van der Waals surface area contributed by atoms with Crippen LogP contribution in [-0.2, 0) is 26.0 Å². The van der Waals surface area contributed by atoms with Crippen LogP contribution in [0.3, 0.4) is 0 Å². The molecule has 0 spiro atoms. The van der Waals surface area contributed by atoms with Crippen LogP contribution in [0.25, 0.3) is 10.4 Å². The molecule has 38 heavy (non-hydrogen) atoms. The molecule has 0 unspecified atom stereocenters. The number of ether oxygens (including phenoxy) is 2. The van der Waals surface area contributed by atoms with Crippen molar-refractivity contribution in [3.63, 3.8) is 0 Å². The summed E-state index contributed by atoms with van der Waals surface area (Å²) in [5.74, 6) is 0.293. The van der Waals surface area contributed by atoms with Gasteiger partial charge in [-0.15, -0.1) is 11.3 Å². The lowest BCUT2D eigenvalue weighted by molar-refractivity contribution is 0.109. The monoisotopic (exact) mass is 566 g/mol. The standard InChI is InChI=1S/C26H38N4O6S2/c1-16(2)35-25(31)28-20-9-7-18(8-10-20)24-27-14-23(37-24)22-12-11-21(29-26(32)36-17(3)4)13-19(22)15-30(5)38(6,33)34/h11-14,16-18,20H,7-10,15H2,1-6H3,(H,28,31)(H,29,32)/t18-,20-. The highest BCUT2D eigenvalue weighted by Gasteiger charge is 2.26. The molecule has 1 heterocycles. The van der Waals surface area contributed by atoms with E-state index >= 15 is 0 Å². The summed E-state index contributed by atoms with van der Waals surface area (Å²) >= 11 is 1.59. The van der Waals surface area contributed by atoms with E-state index in [9.17, 15) is 18.0 Å². The molecule has 210 valence electrons. The number of thiazole rings is 1. The number of aromatic nitrogens is 1. The number of sulfonamides is 1. The zero-order valence-electron chi connectivity index (χ0n) is 22.8. The summed E-state index contributed by atoms with van der Waals surface area (Å²) in [6, 6.07) is 5.50. The lowest BCUT2D eigenvalue weighted by Crippen LogP contribution is -2.38. The molecule has 0 radical (unpaired) electrons. The molecular weight excluding hydrogens is 528 g/mol. The first-order valence-corrected chi connectivity index (χ1v) is 15.4. The predicted molar refractivity (Wildman–Crippen MR) is 149 cm³/mol. The van der Waals surface area contributed by atoms with Gasteiger partial charge in [0.05, 0.1) is 28.3 Å². The number of amides is 2. The zero-order chi connectivity index (χ0) is 28.0. The van der Waals surface area contributed by atoms with Crippen molar-refractivity contribution in [2.75, 3.05) is 18.6 Å². The van der Waals surface area contributed by atoms with Gasteiger partial charge in [-0.05, 0) is 76.6 Å². The Morgan fingerprint density at radius 2 is 1.71 bits per heavy atom. The van der Waals surface area contributed by atoms with Crippen LogP contribution in [-0.4, -0.2) is 61.4 Å². The molecule has 0 atom stereocenters. The van der Waals surface area contributed by atoms with E-state index < -0.39 is 16.1 Å². The van der Waals surface area contributed by atoms with Crippen molar-refractivity contribution < 1.29 is 27.5 Å². The summed E-state index contributed by atoms with van der Waals surface area (Å²) in [6.45, 7) is 7.32.